The molecule has 2 saturated heterocycles. The Morgan fingerprint density at radius 2 is 2.09 bits per heavy atom. The van der Waals surface area contributed by atoms with Crippen molar-refractivity contribution in [2.24, 2.45) is 11.3 Å². The molecule has 0 saturated carbocycles. The van der Waals surface area contributed by atoms with Gasteiger partial charge < -0.3 is 14.9 Å². The number of aliphatic hydroxyl groups is 1. The largest absolute Gasteiger partial charge is 0.396 e. The van der Waals surface area contributed by atoms with Crippen LogP contribution in [0.4, 0.5) is 5.95 Å². The Balaban J connectivity index is 1.68. The van der Waals surface area contributed by atoms with Crippen LogP contribution in [0.1, 0.15) is 12.8 Å². The second-order valence-electron chi connectivity index (χ2n) is 6.48. The van der Waals surface area contributed by atoms with Gasteiger partial charge in [-0.2, -0.15) is 11.8 Å². The molecule has 7 heteroatoms. The molecule has 23 heavy (non-hydrogen) atoms. The number of hydrogen-bond acceptors (Lipinski definition) is 6. The first kappa shape index (κ1) is 16.5. The van der Waals surface area contributed by atoms with E-state index < -0.39 is 0 Å². The van der Waals surface area contributed by atoms with E-state index in [-0.39, 0.29) is 23.8 Å². The Bertz CT molecular complexity index is 534. The maximum absolute atomic E-state index is 12.1. The second kappa shape index (κ2) is 7.05. The van der Waals surface area contributed by atoms with Gasteiger partial charge >= 0.3 is 0 Å². The molecule has 1 N–H and O–H groups in total. The maximum Gasteiger partial charge on any atom is 0.232 e. The zero-order valence-corrected chi connectivity index (χ0v) is 14.3. The normalized spacial score (nSPS) is 23.5. The van der Waals surface area contributed by atoms with Crippen molar-refractivity contribution in [1.82, 2.24) is 14.9 Å². The molecule has 2 fully saturated rings. The summed E-state index contributed by atoms with van der Waals surface area (Å²) in [6.45, 7) is 3.42. The van der Waals surface area contributed by atoms with Crippen LogP contribution in [0.2, 0.25) is 0 Å². The van der Waals surface area contributed by atoms with Gasteiger partial charge in [0.15, 0.2) is 0 Å². The summed E-state index contributed by atoms with van der Waals surface area (Å²) in [6, 6.07) is 1.81. The van der Waals surface area contributed by atoms with Crippen LogP contribution in [-0.4, -0.2) is 70.7 Å². The van der Waals surface area contributed by atoms with Gasteiger partial charge in [-0.1, -0.05) is 0 Å². The predicted octanol–water partition coefficient (Wildman–Crippen LogP) is 0.877. The number of piperidine rings is 1. The lowest BCUT2D eigenvalue weighted by molar-refractivity contribution is -0.131. The molecule has 3 heterocycles. The van der Waals surface area contributed by atoms with Crippen LogP contribution in [0, 0.1) is 11.3 Å². The first-order valence-electron chi connectivity index (χ1n) is 8.08. The first-order chi connectivity index (χ1) is 11.2. The van der Waals surface area contributed by atoms with Gasteiger partial charge in [0.05, 0.1) is 5.75 Å². The molecule has 1 aromatic rings. The number of nitrogens with zero attached hydrogens (tertiary/aromatic N) is 4. The van der Waals surface area contributed by atoms with Gasteiger partial charge in [-0.05, 0) is 30.6 Å². The van der Waals surface area contributed by atoms with Crippen LogP contribution in [0.25, 0.3) is 0 Å². The van der Waals surface area contributed by atoms with Crippen molar-refractivity contribution < 1.29 is 9.90 Å². The smallest absolute Gasteiger partial charge is 0.232 e. The molecule has 0 aromatic carbocycles. The van der Waals surface area contributed by atoms with Crippen LogP contribution < -0.4 is 4.90 Å². The number of carbonyl (C=O) groups excluding carboxylic acids is 1. The lowest BCUT2D eigenvalue weighted by Crippen LogP contribution is -2.47. The summed E-state index contributed by atoms with van der Waals surface area (Å²) >= 11 is 1.57. The first-order valence-corrected chi connectivity index (χ1v) is 9.47. The average molecular weight is 336 g/mol. The molecule has 0 aliphatic carbocycles. The Hall–Kier alpha value is -1.34. The summed E-state index contributed by atoms with van der Waals surface area (Å²) < 4.78 is 0. The fourth-order valence-corrected chi connectivity index (χ4v) is 4.30. The van der Waals surface area contributed by atoms with Crippen LogP contribution in [0.3, 0.4) is 0 Å². The fourth-order valence-electron chi connectivity index (χ4n) is 3.87. The summed E-state index contributed by atoms with van der Waals surface area (Å²) in [5.74, 6) is 1.75. The lowest BCUT2D eigenvalue weighted by atomic mass is 9.71. The zero-order chi connectivity index (χ0) is 16.3. The van der Waals surface area contributed by atoms with Gasteiger partial charge in [0, 0.05) is 51.1 Å². The molecule has 1 amide bonds. The predicted molar refractivity (Wildman–Crippen MR) is 91.4 cm³/mol. The molecule has 1 unspecified atom stereocenters. The maximum atomic E-state index is 12.1. The molecule has 1 aromatic heterocycles. The fraction of sp³-hybridized carbons (Fsp3) is 0.688. The number of aliphatic hydroxyl groups excluding tert-OH is 1. The van der Waals surface area contributed by atoms with E-state index in [1.54, 1.807) is 24.2 Å². The second-order valence-corrected chi connectivity index (χ2v) is 7.35. The number of anilines is 1. The van der Waals surface area contributed by atoms with Gasteiger partial charge in [-0.25, -0.2) is 9.97 Å². The molecule has 0 radical (unpaired) electrons. The Morgan fingerprint density at radius 3 is 2.70 bits per heavy atom. The number of likely N-dealkylation sites (tertiary alicyclic amines) is 1. The number of rotatable bonds is 4. The minimum Gasteiger partial charge on any atom is -0.396 e. The van der Waals surface area contributed by atoms with E-state index in [0.717, 1.165) is 45.0 Å². The Labute approximate surface area is 141 Å². The quantitative estimate of drug-likeness (QED) is 0.880. The van der Waals surface area contributed by atoms with Gasteiger partial charge in [0.25, 0.3) is 0 Å². The van der Waals surface area contributed by atoms with Crippen LogP contribution in [-0.2, 0) is 4.79 Å². The molecule has 1 atom stereocenters. The Kier molecular flexibility index (Phi) is 5.06. The monoisotopic (exact) mass is 336 g/mol. The minimum atomic E-state index is 0.0735. The van der Waals surface area contributed by atoms with Crippen molar-refractivity contribution in [2.45, 2.75) is 12.8 Å². The van der Waals surface area contributed by atoms with Crippen molar-refractivity contribution in [2.75, 3.05) is 49.7 Å². The topological polar surface area (TPSA) is 69.6 Å². The molecule has 3 rings (SSSR count). The molecule has 0 bridgehead atoms. The number of thioether (sulfide) groups is 1. The number of amides is 1. The van der Waals surface area contributed by atoms with Crippen LogP contribution in [0.5, 0.6) is 0 Å². The Morgan fingerprint density at radius 1 is 1.39 bits per heavy atom. The van der Waals surface area contributed by atoms with Gasteiger partial charge in [-0.15, -0.1) is 0 Å². The highest BCUT2D eigenvalue weighted by molar-refractivity contribution is 7.99. The molecular formula is C16H24N4O2S. The van der Waals surface area contributed by atoms with E-state index >= 15 is 0 Å². The summed E-state index contributed by atoms with van der Waals surface area (Å²) in [5.41, 5.74) is 0.0735. The van der Waals surface area contributed by atoms with Gasteiger partial charge in [0.1, 0.15) is 0 Å². The summed E-state index contributed by atoms with van der Waals surface area (Å²) in [7, 11) is 0. The average Bonchev–Trinajstić information content (AvgIpc) is 2.95. The molecule has 2 aliphatic heterocycles. The molecule has 2 aliphatic rings. The third-order valence-corrected chi connectivity index (χ3v) is 5.78. The van der Waals surface area contributed by atoms with E-state index in [9.17, 15) is 9.90 Å². The highest BCUT2D eigenvalue weighted by Gasteiger charge is 2.48. The minimum absolute atomic E-state index is 0.0735. The SMILES string of the molecule is CSCC(=O)N1CCC2(CC1)CN(c1ncccn1)CC2CO. The highest BCUT2D eigenvalue weighted by atomic mass is 32.2. The molecule has 6 nitrogen and oxygen atoms in total. The lowest BCUT2D eigenvalue weighted by Gasteiger charge is -2.42. The van der Waals surface area contributed by atoms with E-state index in [2.05, 4.69) is 14.9 Å². The zero-order valence-electron chi connectivity index (χ0n) is 13.5. The third-order valence-electron chi connectivity index (χ3n) is 5.25. The van der Waals surface area contributed by atoms with Crippen molar-refractivity contribution in [1.29, 1.82) is 0 Å². The van der Waals surface area contributed by atoms with Crippen molar-refractivity contribution in [3.63, 3.8) is 0 Å². The van der Waals surface area contributed by atoms with E-state index in [1.165, 1.54) is 0 Å². The molecule has 1 spiro atoms. The third kappa shape index (κ3) is 3.30. The van der Waals surface area contributed by atoms with Crippen molar-refractivity contribution in [3.8, 4) is 0 Å². The number of hydrogen-bond donors (Lipinski definition) is 1. The van der Waals surface area contributed by atoms with E-state index in [0.29, 0.717) is 5.75 Å². The summed E-state index contributed by atoms with van der Waals surface area (Å²) in [6.07, 6.45) is 7.36. The van der Waals surface area contributed by atoms with Crippen LogP contribution in [0.15, 0.2) is 18.5 Å². The summed E-state index contributed by atoms with van der Waals surface area (Å²) in [4.78, 5) is 24.9. The summed E-state index contributed by atoms with van der Waals surface area (Å²) in [5, 5.41) is 9.86. The highest BCUT2D eigenvalue weighted by Crippen LogP contribution is 2.45. The number of aromatic nitrogens is 2. The standard InChI is InChI=1S/C16H24N4O2S/c1-23-11-14(22)19-7-3-16(4-8-19)12-20(9-13(16)10-21)15-17-5-2-6-18-15/h2,5-6,13,21H,3-4,7-12H2,1H3. The van der Waals surface area contributed by atoms with Crippen molar-refractivity contribution >= 4 is 23.6 Å². The van der Waals surface area contributed by atoms with Gasteiger partial charge in [0.2, 0.25) is 11.9 Å². The molecular weight excluding hydrogens is 312 g/mol. The van der Waals surface area contributed by atoms with Crippen LogP contribution >= 0.6 is 11.8 Å². The number of carbonyl (C=O) groups is 1. The van der Waals surface area contributed by atoms with Crippen molar-refractivity contribution in [3.05, 3.63) is 18.5 Å². The molecule has 126 valence electrons. The van der Waals surface area contributed by atoms with E-state index in [1.807, 2.05) is 17.2 Å². The van der Waals surface area contributed by atoms with Gasteiger partial charge in [-0.3, -0.25) is 4.79 Å². The van der Waals surface area contributed by atoms with E-state index in [4.69, 9.17) is 0 Å².